The highest BCUT2D eigenvalue weighted by Gasteiger charge is 2.20. The van der Waals surface area contributed by atoms with Crippen LogP contribution in [0.1, 0.15) is 0 Å². The molecule has 0 atom stereocenters. The van der Waals surface area contributed by atoms with Crippen LogP contribution >= 0.6 is 0 Å². The van der Waals surface area contributed by atoms with Crippen LogP contribution in [-0.2, 0) is 6.73 Å². The van der Waals surface area contributed by atoms with Crippen molar-refractivity contribution in [2.75, 3.05) is 0 Å². The molecule has 2 heteroatoms. The van der Waals surface area contributed by atoms with E-state index in [4.69, 9.17) is 4.74 Å². The van der Waals surface area contributed by atoms with Gasteiger partial charge < -0.3 is 4.74 Å². The minimum Gasteiger partial charge on any atom is -0.429 e. The van der Waals surface area contributed by atoms with Gasteiger partial charge in [0.25, 0.3) is 12.2 Å². The maximum absolute atomic E-state index is 5.48. The van der Waals surface area contributed by atoms with Gasteiger partial charge in [-0.2, -0.15) is 4.57 Å². The summed E-state index contributed by atoms with van der Waals surface area (Å²) in [6.45, 7) is 0.649. The number of hydrogen-bond acceptors (Lipinski definition) is 1. The highest BCUT2D eigenvalue weighted by atomic mass is 16.5. The normalized spacial score (nSPS) is 13.3. The lowest BCUT2D eigenvalue weighted by Gasteiger charge is -1.90. The Morgan fingerprint density at radius 2 is 2.08 bits per heavy atom. The highest BCUT2D eigenvalue weighted by molar-refractivity contribution is 5.81. The summed E-state index contributed by atoms with van der Waals surface area (Å²) in [5.41, 5.74) is 1.21. The van der Waals surface area contributed by atoms with E-state index in [1.165, 1.54) is 10.9 Å². The summed E-state index contributed by atoms with van der Waals surface area (Å²) in [5, 5.41) is 1.24. The molecule has 0 saturated heterocycles. The van der Waals surface area contributed by atoms with Gasteiger partial charge in [-0.25, -0.2) is 0 Å². The first kappa shape index (κ1) is 6.00. The van der Waals surface area contributed by atoms with Gasteiger partial charge in [0, 0.05) is 6.07 Å². The van der Waals surface area contributed by atoms with E-state index in [1.54, 1.807) is 0 Å². The van der Waals surface area contributed by atoms with Crippen LogP contribution in [0.3, 0.4) is 0 Å². The van der Waals surface area contributed by atoms with Crippen molar-refractivity contribution in [2.45, 2.75) is 6.73 Å². The topological polar surface area (TPSA) is 13.1 Å². The van der Waals surface area contributed by atoms with Crippen LogP contribution in [0.4, 0.5) is 0 Å². The van der Waals surface area contributed by atoms with Crippen LogP contribution in [-0.4, -0.2) is 0 Å². The van der Waals surface area contributed by atoms with E-state index in [9.17, 15) is 0 Å². The predicted octanol–water partition coefficient (Wildman–Crippen LogP) is 1.48. The summed E-state index contributed by atoms with van der Waals surface area (Å²) in [6, 6.07) is 10.3. The van der Waals surface area contributed by atoms with Gasteiger partial charge in [-0.15, -0.1) is 0 Å². The number of para-hydroxylation sites is 1. The van der Waals surface area contributed by atoms with Crippen LogP contribution in [0, 0.1) is 0 Å². The van der Waals surface area contributed by atoms with Crippen molar-refractivity contribution in [1.29, 1.82) is 0 Å². The van der Waals surface area contributed by atoms with E-state index in [-0.39, 0.29) is 0 Å². The average molecular weight is 158 g/mol. The molecule has 2 nitrogen and oxygen atoms in total. The molecule has 58 valence electrons. The second-order valence-corrected chi connectivity index (χ2v) is 2.95. The van der Waals surface area contributed by atoms with E-state index < -0.39 is 0 Å². The maximum Gasteiger partial charge on any atom is 0.293 e. The van der Waals surface area contributed by atoms with E-state index in [0.29, 0.717) is 6.73 Å². The van der Waals surface area contributed by atoms with E-state index >= 15 is 0 Å². The Kier molecular flexibility index (Phi) is 0.987. The van der Waals surface area contributed by atoms with E-state index in [1.807, 2.05) is 24.4 Å². The van der Waals surface area contributed by atoms with Crippen molar-refractivity contribution in [1.82, 2.24) is 0 Å². The second-order valence-electron chi connectivity index (χ2n) is 2.95. The fraction of sp³-hybridized carbons (Fsp3) is 0.100. The van der Waals surface area contributed by atoms with Crippen molar-refractivity contribution in [2.24, 2.45) is 0 Å². The summed E-state index contributed by atoms with van der Waals surface area (Å²) in [7, 11) is 0. The highest BCUT2D eigenvalue weighted by Crippen LogP contribution is 2.24. The molecule has 0 bridgehead atoms. The smallest absolute Gasteiger partial charge is 0.293 e. The monoisotopic (exact) mass is 158 g/mol. The van der Waals surface area contributed by atoms with Gasteiger partial charge in [-0.05, 0) is 18.2 Å². The van der Waals surface area contributed by atoms with Gasteiger partial charge in [0.2, 0.25) is 0 Å². The average Bonchev–Trinajstić information content (AvgIpc) is 2.52. The Morgan fingerprint density at radius 1 is 1.17 bits per heavy atom. The Labute approximate surface area is 70.0 Å². The molecule has 1 aromatic heterocycles. The Bertz CT molecular complexity index is 412. The summed E-state index contributed by atoms with van der Waals surface area (Å²) >= 11 is 0. The van der Waals surface area contributed by atoms with Crippen molar-refractivity contribution < 1.29 is 9.30 Å². The van der Waals surface area contributed by atoms with Crippen LogP contribution in [0.25, 0.3) is 10.9 Å². The molecule has 12 heavy (non-hydrogen) atoms. The van der Waals surface area contributed by atoms with Crippen LogP contribution in [0.15, 0.2) is 36.5 Å². The van der Waals surface area contributed by atoms with Gasteiger partial charge in [0.15, 0.2) is 11.9 Å². The van der Waals surface area contributed by atoms with Gasteiger partial charge >= 0.3 is 0 Å². The Balaban J connectivity index is 2.58. The molecule has 2 heterocycles. The molecule has 1 aliphatic rings. The summed E-state index contributed by atoms with van der Waals surface area (Å²) in [5.74, 6) is 0.994. The lowest BCUT2D eigenvalue weighted by Crippen LogP contribution is -2.31. The largest absolute Gasteiger partial charge is 0.429 e. The van der Waals surface area contributed by atoms with Crippen molar-refractivity contribution in [3.05, 3.63) is 36.5 Å². The van der Waals surface area contributed by atoms with Gasteiger partial charge in [0.05, 0.1) is 5.39 Å². The van der Waals surface area contributed by atoms with E-state index in [0.717, 1.165) is 5.75 Å². The molecule has 0 radical (unpaired) electrons. The number of ether oxygens (including phenoxy) is 1. The summed E-state index contributed by atoms with van der Waals surface area (Å²) < 4.78 is 7.59. The number of aromatic nitrogens is 1. The Morgan fingerprint density at radius 3 is 3.08 bits per heavy atom. The molecular weight excluding hydrogens is 150 g/mol. The fourth-order valence-electron chi connectivity index (χ4n) is 1.67. The number of benzene rings is 1. The second kappa shape index (κ2) is 1.97. The zero-order chi connectivity index (χ0) is 7.97. The van der Waals surface area contributed by atoms with Gasteiger partial charge in [-0.1, -0.05) is 6.07 Å². The minimum atomic E-state index is 0.649. The van der Waals surface area contributed by atoms with Gasteiger partial charge in [0.1, 0.15) is 0 Å². The third kappa shape index (κ3) is 0.619. The first-order valence-electron chi connectivity index (χ1n) is 3.99. The lowest BCUT2D eigenvalue weighted by atomic mass is 10.2. The molecule has 2 aromatic rings. The zero-order valence-corrected chi connectivity index (χ0v) is 6.53. The third-order valence-corrected chi connectivity index (χ3v) is 2.22. The lowest BCUT2D eigenvalue weighted by molar-refractivity contribution is -0.688. The molecule has 0 amide bonds. The molecule has 1 aliphatic heterocycles. The van der Waals surface area contributed by atoms with Crippen molar-refractivity contribution in [3.63, 3.8) is 0 Å². The summed E-state index contributed by atoms with van der Waals surface area (Å²) in [6.07, 6.45) is 2.04. The first-order valence-corrected chi connectivity index (χ1v) is 3.99. The Hall–Kier alpha value is -1.57. The number of nitrogens with zero attached hydrogens (tertiary/aromatic N) is 1. The molecule has 1 aromatic carbocycles. The molecule has 3 rings (SSSR count). The number of hydrogen-bond donors (Lipinski definition) is 0. The SMILES string of the molecule is c1cc2c3c(c1)ccc[n+]3CO2. The quantitative estimate of drug-likeness (QED) is 0.529. The van der Waals surface area contributed by atoms with Crippen LogP contribution < -0.4 is 9.30 Å². The molecule has 0 spiro atoms. The first-order chi connectivity index (χ1) is 5.95. The standard InChI is InChI=1S/C10H8NO/c1-3-8-4-2-6-11-7-12-9(5-1)10(8)11/h1-6H,7H2/q+1. The van der Waals surface area contributed by atoms with Gasteiger partial charge in [-0.3, -0.25) is 0 Å². The molecule has 0 N–H and O–H groups in total. The molecule has 0 fully saturated rings. The predicted molar refractivity (Wildman–Crippen MR) is 44.8 cm³/mol. The third-order valence-electron chi connectivity index (χ3n) is 2.22. The molecular formula is C10H8NO+. The fourth-order valence-corrected chi connectivity index (χ4v) is 1.67. The maximum atomic E-state index is 5.48. The molecule has 0 aliphatic carbocycles. The number of rotatable bonds is 0. The molecule has 0 unspecified atom stereocenters. The van der Waals surface area contributed by atoms with E-state index in [2.05, 4.69) is 16.7 Å². The minimum absolute atomic E-state index is 0.649. The summed E-state index contributed by atoms with van der Waals surface area (Å²) in [4.78, 5) is 0. The van der Waals surface area contributed by atoms with Crippen molar-refractivity contribution in [3.8, 4) is 5.75 Å². The zero-order valence-electron chi connectivity index (χ0n) is 6.53. The van der Waals surface area contributed by atoms with Crippen molar-refractivity contribution >= 4 is 10.9 Å². The van der Waals surface area contributed by atoms with Crippen LogP contribution in [0.5, 0.6) is 5.75 Å². The molecule has 0 saturated carbocycles. The van der Waals surface area contributed by atoms with Crippen LogP contribution in [0.2, 0.25) is 0 Å². The number of pyridine rings is 1.